The minimum atomic E-state index is -0.340. The van der Waals surface area contributed by atoms with Gasteiger partial charge in [-0.3, -0.25) is 9.59 Å². The van der Waals surface area contributed by atoms with Crippen LogP contribution in [0.25, 0.3) is 38.9 Å². The van der Waals surface area contributed by atoms with Crippen LogP contribution in [0.4, 0.5) is 0 Å². The van der Waals surface area contributed by atoms with Gasteiger partial charge in [-0.2, -0.15) is 0 Å². The molecule has 0 unspecified atom stereocenters. The summed E-state index contributed by atoms with van der Waals surface area (Å²) in [6.07, 6.45) is 1.63. The summed E-state index contributed by atoms with van der Waals surface area (Å²) in [4.78, 5) is 32.2. The smallest absolute Gasteiger partial charge is 0.197 e. The summed E-state index contributed by atoms with van der Waals surface area (Å²) in [7, 11) is 1.96. The van der Waals surface area contributed by atoms with E-state index in [1.165, 1.54) is 29.0 Å². The van der Waals surface area contributed by atoms with Crippen LogP contribution in [0, 0.1) is 0 Å². The topological polar surface area (TPSA) is 52.0 Å². The molecule has 1 aliphatic rings. The van der Waals surface area contributed by atoms with Crippen LogP contribution in [0.5, 0.6) is 0 Å². The molecule has 2 aromatic heterocycles. The maximum absolute atomic E-state index is 12.9. The minimum absolute atomic E-state index is 0.113. The standard InChI is InChI=1S/C28H16Cl2N2O2S/c1-32-24-12-18(11-21-25(33)19-13-22(29)23(30)14-20(19)26(21)34)35-28(24)31-27(32)17-9-7-16(8-10-17)15-5-3-2-4-6-15/h2-14H,1H3. The van der Waals surface area contributed by atoms with Gasteiger partial charge in [0.05, 0.1) is 21.1 Å². The first-order chi connectivity index (χ1) is 16.9. The lowest BCUT2D eigenvalue weighted by Gasteiger charge is -2.05. The Morgan fingerprint density at radius 2 is 1.37 bits per heavy atom. The Labute approximate surface area is 215 Å². The SMILES string of the molecule is Cn1c(-c2ccc(-c3ccccc3)cc2)nc2sc(C=C3C(=O)c4cc(Cl)c(Cl)cc4C3=O)cc21. The lowest BCUT2D eigenvalue weighted by atomic mass is 10.0. The molecule has 4 nitrogen and oxygen atoms in total. The highest BCUT2D eigenvalue weighted by Gasteiger charge is 2.34. The molecule has 0 saturated carbocycles. The van der Waals surface area contributed by atoms with E-state index >= 15 is 0 Å². The highest BCUT2D eigenvalue weighted by Crippen LogP contribution is 2.36. The maximum Gasteiger partial charge on any atom is 0.197 e. The quantitative estimate of drug-likeness (QED) is 0.182. The largest absolute Gasteiger partial charge is 0.326 e. The van der Waals surface area contributed by atoms with Gasteiger partial charge in [-0.25, -0.2) is 4.98 Å². The number of allylic oxidation sites excluding steroid dienone is 1. The number of aryl methyl sites for hydroxylation is 1. The summed E-state index contributed by atoms with van der Waals surface area (Å²) >= 11 is 13.5. The van der Waals surface area contributed by atoms with E-state index in [2.05, 4.69) is 36.4 Å². The third-order valence-electron chi connectivity index (χ3n) is 6.17. The molecule has 0 amide bonds. The van der Waals surface area contributed by atoms with E-state index in [1.54, 1.807) is 6.08 Å². The Hall–Kier alpha value is -3.51. The van der Waals surface area contributed by atoms with Crippen molar-refractivity contribution >= 4 is 62.5 Å². The number of rotatable bonds is 3. The van der Waals surface area contributed by atoms with Crippen LogP contribution in [0.2, 0.25) is 10.0 Å². The Morgan fingerprint density at radius 1 is 0.800 bits per heavy atom. The molecule has 6 rings (SSSR count). The molecule has 1 aliphatic carbocycles. The molecule has 5 aromatic rings. The Balaban J connectivity index is 1.33. The van der Waals surface area contributed by atoms with E-state index in [9.17, 15) is 9.59 Å². The van der Waals surface area contributed by atoms with E-state index in [1.807, 2.05) is 35.9 Å². The summed E-state index contributed by atoms with van der Waals surface area (Å²) in [6, 6.07) is 23.4. The van der Waals surface area contributed by atoms with Crippen molar-refractivity contribution in [3.63, 3.8) is 0 Å². The molecule has 0 saturated heterocycles. The number of hydrogen-bond acceptors (Lipinski definition) is 4. The molecule has 35 heavy (non-hydrogen) atoms. The molecule has 0 bridgehead atoms. The van der Waals surface area contributed by atoms with Crippen molar-refractivity contribution in [2.24, 2.45) is 7.05 Å². The van der Waals surface area contributed by atoms with Gasteiger partial charge in [-0.15, -0.1) is 11.3 Å². The molecule has 2 heterocycles. The number of aromatic nitrogens is 2. The molecule has 3 aromatic carbocycles. The number of Topliss-reactive ketones (excluding diaryl/α,β-unsaturated/α-hetero) is 2. The van der Waals surface area contributed by atoms with Gasteiger partial charge >= 0.3 is 0 Å². The van der Waals surface area contributed by atoms with Crippen LogP contribution in [-0.2, 0) is 7.05 Å². The number of nitrogens with zero attached hydrogens (tertiary/aromatic N) is 2. The number of benzene rings is 3. The van der Waals surface area contributed by atoms with Gasteiger partial charge in [0.25, 0.3) is 0 Å². The Kier molecular flexibility index (Phi) is 5.22. The molecule has 0 aliphatic heterocycles. The monoisotopic (exact) mass is 514 g/mol. The number of fused-ring (bicyclic) bond motifs is 2. The molecular formula is C28H16Cl2N2O2S. The highest BCUT2D eigenvalue weighted by molar-refractivity contribution is 7.19. The number of hydrogen-bond donors (Lipinski definition) is 0. The fraction of sp³-hybridized carbons (Fsp3) is 0.0357. The van der Waals surface area contributed by atoms with Gasteiger partial charge in [0.15, 0.2) is 11.6 Å². The van der Waals surface area contributed by atoms with Crippen LogP contribution in [0.15, 0.2) is 78.4 Å². The third kappa shape index (κ3) is 3.64. The number of ketones is 2. The highest BCUT2D eigenvalue weighted by atomic mass is 35.5. The zero-order chi connectivity index (χ0) is 24.3. The van der Waals surface area contributed by atoms with Crippen molar-refractivity contribution in [3.05, 3.63) is 104 Å². The number of halogens is 2. The van der Waals surface area contributed by atoms with Crippen LogP contribution >= 0.6 is 34.5 Å². The molecule has 0 radical (unpaired) electrons. The molecular weight excluding hydrogens is 499 g/mol. The zero-order valence-corrected chi connectivity index (χ0v) is 20.7. The zero-order valence-electron chi connectivity index (χ0n) is 18.4. The maximum atomic E-state index is 12.9. The first-order valence-electron chi connectivity index (χ1n) is 10.8. The van der Waals surface area contributed by atoms with E-state index in [0.29, 0.717) is 0 Å². The van der Waals surface area contributed by atoms with Crippen molar-refractivity contribution < 1.29 is 9.59 Å². The number of thiophene rings is 1. The van der Waals surface area contributed by atoms with Gasteiger partial charge in [0.2, 0.25) is 0 Å². The first-order valence-corrected chi connectivity index (χ1v) is 12.4. The second-order valence-electron chi connectivity index (χ2n) is 8.31. The van der Waals surface area contributed by atoms with Crippen molar-refractivity contribution in [1.82, 2.24) is 9.55 Å². The lowest BCUT2D eigenvalue weighted by molar-refractivity contribution is 0.0990. The Morgan fingerprint density at radius 3 is 1.97 bits per heavy atom. The minimum Gasteiger partial charge on any atom is -0.326 e. The summed E-state index contributed by atoms with van der Waals surface area (Å²) in [5, 5.41) is 0.506. The van der Waals surface area contributed by atoms with Gasteiger partial charge in [-0.05, 0) is 35.4 Å². The predicted molar refractivity (Wildman–Crippen MR) is 143 cm³/mol. The lowest BCUT2D eigenvalue weighted by Crippen LogP contribution is -1.99. The summed E-state index contributed by atoms with van der Waals surface area (Å²) < 4.78 is 2.03. The van der Waals surface area contributed by atoms with Gasteiger partial charge in [-0.1, -0.05) is 77.8 Å². The molecule has 7 heteroatoms. The van der Waals surface area contributed by atoms with E-state index < -0.39 is 0 Å². The fourth-order valence-electron chi connectivity index (χ4n) is 4.36. The van der Waals surface area contributed by atoms with Crippen LogP contribution in [0.1, 0.15) is 25.6 Å². The van der Waals surface area contributed by atoms with E-state index in [-0.39, 0.29) is 38.3 Å². The van der Waals surface area contributed by atoms with E-state index in [4.69, 9.17) is 28.2 Å². The van der Waals surface area contributed by atoms with Crippen molar-refractivity contribution in [3.8, 4) is 22.5 Å². The van der Waals surface area contributed by atoms with Crippen molar-refractivity contribution in [2.75, 3.05) is 0 Å². The summed E-state index contributed by atoms with van der Waals surface area (Å²) in [5.41, 5.74) is 4.95. The Bertz CT molecular complexity index is 1650. The second-order valence-corrected chi connectivity index (χ2v) is 10.2. The average Bonchev–Trinajstić information content (AvgIpc) is 3.48. The molecule has 170 valence electrons. The molecule has 0 N–H and O–H groups in total. The van der Waals surface area contributed by atoms with Crippen molar-refractivity contribution in [2.45, 2.75) is 0 Å². The molecule has 0 spiro atoms. The molecule has 0 atom stereocenters. The number of imidazole rings is 1. The number of carbonyl (C=O) groups is 2. The van der Waals surface area contributed by atoms with Crippen LogP contribution < -0.4 is 0 Å². The third-order valence-corrected chi connectivity index (χ3v) is 7.86. The van der Waals surface area contributed by atoms with Crippen molar-refractivity contribution in [1.29, 1.82) is 0 Å². The number of carbonyl (C=O) groups excluding carboxylic acids is 2. The predicted octanol–water partition coefficient (Wildman–Crippen LogP) is 7.74. The second kappa shape index (κ2) is 8.31. The summed E-state index contributed by atoms with van der Waals surface area (Å²) in [5.74, 6) is 0.177. The molecule has 0 fully saturated rings. The van der Waals surface area contributed by atoms with Gasteiger partial charge in [0.1, 0.15) is 10.7 Å². The van der Waals surface area contributed by atoms with E-state index in [0.717, 1.165) is 32.2 Å². The fourth-order valence-corrected chi connectivity index (χ4v) is 5.69. The van der Waals surface area contributed by atoms with Gasteiger partial charge in [0, 0.05) is 28.6 Å². The first kappa shape index (κ1) is 22.0. The average molecular weight is 515 g/mol. The van der Waals surface area contributed by atoms with Crippen LogP contribution in [0.3, 0.4) is 0 Å². The van der Waals surface area contributed by atoms with Crippen LogP contribution in [-0.4, -0.2) is 21.1 Å². The van der Waals surface area contributed by atoms with Gasteiger partial charge < -0.3 is 4.57 Å². The summed E-state index contributed by atoms with van der Waals surface area (Å²) in [6.45, 7) is 0. The normalized spacial score (nSPS) is 13.1.